The molecule has 289 valence electrons. The molecule has 5 heteroatoms. The number of aliphatic carboxylic acids is 2. The molecule has 4 nitrogen and oxygen atoms in total. The van der Waals surface area contributed by atoms with Crippen molar-refractivity contribution in [1.82, 2.24) is 0 Å². The van der Waals surface area contributed by atoms with Gasteiger partial charge in [0, 0.05) is 11.9 Å². The summed E-state index contributed by atoms with van der Waals surface area (Å²) in [7, 11) is 0. The second-order valence-electron chi connectivity index (χ2n) is 14.2. The summed E-state index contributed by atoms with van der Waals surface area (Å²) in [4.78, 5) is 20.5. The molecule has 0 heterocycles. The first-order chi connectivity index (χ1) is 23.5. The topological polar surface area (TPSA) is 80.3 Å². The Bertz CT molecular complexity index is 632. The third-order valence-electron chi connectivity index (χ3n) is 9.29. The van der Waals surface area contributed by atoms with Crippen LogP contribution >= 0.6 is 0 Å². The Kier molecular flexibility index (Phi) is 52.4. The Balaban J connectivity index is -0.000000846. The summed E-state index contributed by atoms with van der Waals surface area (Å²) < 4.78 is 0. The van der Waals surface area contributed by atoms with E-state index in [9.17, 15) is 19.8 Å². The average Bonchev–Trinajstić information content (AvgIpc) is 3.07. The summed E-state index contributed by atoms with van der Waals surface area (Å²) in [6.07, 6.45) is 53.5. The van der Waals surface area contributed by atoms with Gasteiger partial charge in [-0.25, -0.2) is 0 Å². The molecule has 0 aliphatic rings. The molecule has 0 spiro atoms. The van der Waals surface area contributed by atoms with E-state index in [2.05, 4.69) is 38.2 Å². The molecule has 1 radical (unpaired) electrons. The number of carbonyl (C=O) groups excluding carboxylic acids is 2. The van der Waals surface area contributed by atoms with Crippen molar-refractivity contribution < 1.29 is 36.9 Å². The van der Waals surface area contributed by atoms with Gasteiger partial charge in [0.1, 0.15) is 0 Å². The fourth-order valence-electron chi connectivity index (χ4n) is 6.09. The summed E-state index contributed by atoms with van der Waals surface area (Å²) >= 11 is 0. The fourth-order valence-corrected chi connectivity index (χ4v) is 6.09. The van der Waals surface area contributed by atoms with Crippen molar-refractivity contribution in [2.24, 2.45) is 0 Å². The van der Waals surface area contributed by atoms with Gasteiger partial charge in [-0.2, -0.15) is 0 Å². The molecule has 0 unspecified atom stereocenters. The van der Waals surface area contributed by atoms with Crippen molar-refractivity contribution in [3.63, 3.8) is 0 Å². The molecule has 0 fully saturated rings. The van der Waals surface area contributed by atoms with E-state index in [1.807, 2.05) is 0 Å². The van der Waals surface area contributed by atoms with Crippen molar-refractivity contribution in [1.29, 1.82) is 0 Å². The van der Waals surface area contributed by atoms with Crippen molar-refractivity contribution in [2.45, 2.75) is 245 Å². The molecule has 0 aliphatic carbocycles. The molecule has 49 heavy (non-hydrogen) atoms. The third kappa shape index (κ3) is 56.6. The predicted molar refractivity (Wildman–Crippen MR) is 206 cm³/mol. The maximum atomic E-state index is 10.3. The minimum absolute atomic E-state index is 0. The molecule has 0 N–H and O–H groups in total. The van der Waals surface area contributed by atoms with Crippen molar-refractivity contribution >= 4 is 11.9 Å². The van der Waals surface area contributed by atoms with Gasteiger partial charge < -0.3 is 19.8 Å². The predicted octanol–water partition coefficient (Wildman–Crippen LogP) is 12.7. The number of unbranched alkanes of at least 4 members (excludes halogenated alkanes) is 30. The van der Waals surface area contributed by atoms with Crippen LogP contribution in [0.5, 0.6) is 0 Å². The van der Waals surface area contributed by atoms with Gasteiger partial charge in [0.05, 0.1) is 0 Å². The minimum atomic E-state index is -0.906. The van der Waals surface area contributed by atoms with Gasteiger partial charge in [0.2, 0.25) is 0 Å². The normalized spacial score (nSPS) is 11.1. The average molecular weight is 730 g/mol. The van der Waals surface area contributed by atoms with Crippen LogP contribution in [0, 0.1) is 0 Å². The van der Waals surface area contributed by atoms with Crippen LogP contribution in [0.2, 0.25) is 0 Å². The number of rotatable bonds is 38. The van der Waals surface area contributed by atoms with Gasteiger partial charge in [-0.1, -0.05) is 192 Å². The first kappa shape index (κ1) is 52.3. The monoisotopic (exact) mass is 730 g/mol. The second-order valence-corrected chi connectivity index (χ2v) is 14.2. The van der Waals surface area contributed by atoms with E-state index >= 15 is 0 Å². The maximum Gasteiger partial charge on any atom is 2.00 e. The van der Waals surface area contributed by atoms with Crippen LogP contribution < -0.4 is 10.2 Å². The number of carboxylic acid groups (broad SMARTS) is 2. The van der Waals surface area contributed by atoms with Gasteiger partial charge in [0.15, 0.2) is 0 Å². The van der Waals surface area contributed by atoms with Crippen molar-refractivity contribution in [3.8, 4) is 0 Å². The quantitative estimate of drug-likeness (QED) is 0.0360. The molecular weight excluding hydrogens is 647 g/mol. The molecule has 0 saturated heterocycles. The molecule has 0 aromatic carbocycles. The fraction of sp³-hybridized carbons (Fsp3) is 0.864. The zero-order valence-corrected chi connectivity index (χ0v) is 34.0. The standard InChI is InChI=1S/2C22H42O2.Mn/c2*1-2-3-4-5-6-7-8-9-10-11-12-13-14-15-16-17-18-19-20-21-22(23)24;/h2*9-10H,2-8,11-21H2,1H3,(H,23,24);/q;;+2/p-2/b2*10-9-;. The van der Waals surface area contributed by atoms with Crippen LogP contribution in [-0.4, -0.2) is 11.9 Å². The Morgan fingerprint density at radius 2 is 0.510 bits per heavy atom. The largest absolute Gasteiger partial charge is 2.00 e. The SMILES string of the molecule is CCCCCCCC/C=C\CCCCCCCCCCCC(=O)[O-].CCCCCCCC/C=C\CCCCCCCCCCCC(=O)[O-].[Mn+2]. The molecule has 0 aromatic heterocycles. The van der Waals surface area contributed by atoms with Crippen LogP contribution in [0.1, 0.15) is 245 Å². The van der Waals surface area contributed by atoms with Crippen LogP contribution in [-0.2, 0) is 26.7 Å². The summed E-state index contributed by atoms with van der Waals surface area (Å²) in [5.41, 5.74) is 0. The van der Waals surface area contributed by atoms with Gasteiger partial charge in [-0.3, -0.25) is 0 Å². The summed E-state index contributed by atoms with van der Waals surface area (Å²) in [6, 6.07) is 0. The van der Waals surface area contributed by atoms with E-state index in [0.29, 0.717) is 0 Å². The Morgan fingerprint density at radius 3 is 0.714 bits per heavy atom. The Labute approximate surface area is 317 Å². The van der Waals surface area contributed by atoms with Crippen LogP contribution in [0.25, 0.3) is 0 Å². The third-order valence-corrected chi connectivity index (χ3v) is 9.29. The second kappa shape index (κ2) is 49.1. The molecule has 0 rings (SSSR count). The zero-order chi connectivity index (χ0) is 35.4. The van der Waals surface area contributed by atoms with E-state index < -0.39 is 11.9 Å². The summed E-state index contributed by atoms with van der Waals surface area (Å²) in [6.45, 7) is 4.54. The molecule has 0 amide bonds. The maximum absolute atomic E-state index is 10.3. The number of carbonyl (C=O) groups is 2. The number of hydrogen-bond acceptors (Lipinski definition) is 4. The van der Waals surface area contributed by atoms with E-state index in [1.54, 1.807) is 0 Å². The molecule has 0 bridgehead atoms. The first-order valence-corrected chi connectivity index (χ1v) is 21.2. The van der Waals surface area contributed by atoms with Crippen LogP contribution in [0.4, 0.5) is 0 Å². The Morgan fingerprint density at radius 1 is 0.327 bits per heavy atom. The summed E-state index contributed by atoms with van der Waals surface area (Å²) in [5.74, 6) is -1.81. The number of carboxylic acids is 2. The molecule has 0 aliphatic heterocycles. The van der Waals surface area contributed by atoms with Gasteiger partial charge in [0.25, 0.3) is 0 Å². The smallest absolute Gasteiger partial charge is 0.550 e. The summed E-state index contributed by atoms with van der Waals surface area (Å²) in [5, 5.41) is 20.5. The minimum Gasteiger partial charge on any atom is -0.550 e. The van der Waals surface area contributed by atoms with Gasteiger partial charge >= 0.3 is 17.1 Å². The Hall–Kier alpha value is -1.06. The molecule has 0 atom stereocenters. The zero-order valence-electron chi connectivity index (χ0n) is 32.8. The van der Waals surface area contributed by atoms with E-state index in [4.69, 9.17) is 0 Å². The van der Waals surface area contributed by atoms with Crippen molar-refractivity contribution in [2.75, 3.05) is 0 Å². The van der Waals surface area contributed by atoms with E-state index in [0.717, 1.165) is 25.7 Å². The number of hydrogen-bond donors (Lipinski definition) is 0. The van der Waals surface area contributed by atoms with Crippen LogP contribution in [0.15, 0.2) is 24.3 Å². The first-order valence-electron chi connectivity index (χ1n) is 21.2. The molecule has 0 saturated carbocycles. The van der Waals surface area contributed by atoms with Crippen LogP contribution in [0.3, 0.4) is 0 Å². The molecular formula is C44H82MnO4. The number of allylic oxidation sites excluding steroid dienone is 4. The van der Waals surface area contributed by atoms with Gasteiger partial charge in [-0.15, -0.1) is 0 Å². The molecule has 0 aromatic rings. The van der Waals surface area contributed by atoms with E-state index in [1.165, 1.54) is 193 Å². The van der Waals surface area contributed by atoms with Gasteiger partial charge in [-0.05, 0) is 77.0 Å². The van der Waals surface area contributed by atoms with Crippen molar-refractivity contribution in [3.05, 3.63) is 24.3 Å². The van der Waals surface area contributed by atoms with E-state index in [-0.39, 0.29) is 29.9 Å².